The van der Waals surface area contributed by atoms with Crippen molar-refractivity contribution in [1.29, 1.82) is 0 Å². The number of hydrogen-bond donors (Lipinski definition) is 1. The Balaban J connectivity index is 2.62. The van der Waals surface area contributed by atoms with Gasteiger partial charge in [0.15, 0.2) is 15.9 Å². The van der Waals surface area contributed by atoms with Crippen molar-refractivity contribution in [3.8, 4) is 0 Å². The van der Waals surface area contributed by atoms with Gasteiger partial charge in [-0.2, -0.15) is 0 Å². The van der Waals surface area contributed by atoms with Gasteiger partial charge in [-0.05, 0) is 11.8 Å². The molecule has 0 bridgehead atoms. The number of rotatable bonds is 2. The van der Waals surface area contributed by atoms with Gasteiger partial charge in [-0.1, -0.05) is 0 Å². The largest absolute Gasteiger partial charge is 0.465 e. The summed E-state index contributed by atoms with van der Waals surface area (Å²) in [5.74, 6) is -0.669. The lowest BCUT2D eigenvalue weighted by Crippen LogP contribution is -2.22. The van der Waals surface area contributed by atoms with Gasteiger partial charge in [0.1, 0.15) is 5.70 Å². The summed E-state index contributed by atoms with van der Waals surface area (Å²) in [5, 5.41) is 2.57. The van der Waals surface area contributed by atoms with E-state index in [2.05, 4.69) is 10.1 Å². The van der Waals surface area contributed by atoms with Gasteiger partial charge in [0, 0.05) is 14.1 Å². The summed E-state index contributed by atoms with van der Waals surface area (Å²) in [6.07, 6.45) is 0. The first-order chi connectivity index (χ1) is 8.02. The molecule has 0 fully saturated rings. The molecule has 0 aromatic heterocycles. The van der Waals surface area contributed by atoms with E-state index in [0.29, 0.717) is 16.3 Å². The zero-order valence-electron chi connectivity index (χ0n) is 9.40. The smallest absolute Gasteiger partial charge is 0.350 e. The summed E-state index contributed by atoms with van der Waals surface area (Å²) >= 11 is 0.897. The number of hydrogen-bond acceptors (Lipinski definition) is 6. The van der Waals surface area contributed by atoms with E-state index in [0.717, 1.165) is 11.8 Å². The predicted octanol–water partition coefficient (Wildman–Crippen LogP) is -0.316. The average Bonchev–Trinajstić information content (AvgIpc) is 2.74. The zero-order valence-corrected chi connectivity index (χ0v) is 11.0. The third kappa shape index (κ3) is 1.59. The van der Waals surface area contributed by atoms with Gasteiger partial charge in [-0.15, -0.1) is 0 Å². The molecule has 0 saturated carbocycles. The third-order valence-electron chi connectivity index (χ3n) is 2.42. The van der Waals surface area contributed by atoms with Crippen LogP contribution < -0.4 is 5.32 Å². The molecule has 0 aromatic rings. The lowest BCUT2D eigenvalue weighted by molar-refractivity contribution is -0.135. The molecule has 2 aliphatic heterocycles. The normalized spacial score (nSPS) is 23.4. The number of nitrogens with one attached hydrogen (secondary N) is 1. The second-order valence-corrected chi connectivity index (χ2v) is 5.70. The summed E-state index contributed by atoms with van der Waals surface area (Å²) in [5.41, 5.74) is 0.862. The summed E-state index contributed by atoms with van der Waals surface area (Å²) in [6, 6.07) is 0. The Morgan fingerprint density at radius 1 is 1.53 bits per heavy atom. The van der Waals surface area contributed by atoms with Crippen LogP contribution in [0.2, 0.25) is 0 Å². The van der Waals surface area contributed by atoms with Crippen LogP contribution in [0.4, 0.5) is 0 Å². The highest BCUT2D eigenvalue weighted by molar-refractivity contribution is 8.18. The maximum atomic E-state index is 12.0. The second kappa shape index (κ2) is 4.19. The topological polar surface area (TPSA) is 75.7 Å². The molecule has 2 aliphatic rings. The zero-order chi connectivity index (χ0) is 12.7. The van der Waals surface area contributed by atoms with Crippen molar-refractivity contribution in [1.82, 2.24) is 9.62 Å². The predicted molar refractivity (Wildman–Crippen MR) is 63.6 cm³/mol. The van der Waals surface area contributed by atoms with Crippen LogP contribution in [0.1, 0.15) is 0 Å². The van der Waals surface area contributed by atoms with E-state index in [1.54, 1.807) is 14.1 Å². The fourth-order valence-corrected chi connectivity index (χ4v) is 4.13. The SMILES string of the molecule is CNC1=C2C(=C(C(=O)OC)S(=O)N2C)SC1=O. The Labute approximate surface area is 105 Å². The Bertz CT molecular complexity index is 509. The lowest BCUT2D eigenvalue weighted by Gasteiger charge is -2.12. The second-order valence-electron chi connectivity index (χ2n) is 3.26. The van der Waals surface area contributed by atoms with E-state index >= 15 is 0 Å². The maximum Gasteiger partial charge on any atom is 0.350 e. The van der Waals surface area contributed by atoms with Crippen molar-refractivity contribution in [2.75, 3.05) is 21.2 Å². The molecule has 0 aromatic carbocycles. The molecule has 8 heteroatoms. The highest BCUT2D eigenvalue weighted by Gasteiger charge is 2.44. The Morgan fingerprint density at radius 2 is 2.18 bits per heavy atom. The van der Waals surface area contributed by atoms with Gasteiger partial charge in [0.2, 0.25) is 5.12 Å². The lowest BCUT2D eigenvalue weighted by atomic mass is 10.3. The number of carbonyl (C=O) groups is 2. The molecule has 6 nitrogen and oxygen atoms in total. The molecule has 1 unspecified atom stereocenters. The minimum absolute atomic E-state index is 0.0357. The van der Waals surface area contributed by atoms with Gasteiger partial charge < -0.3 is 10.1 Å². The first-order valence-electron chi connectivity index (χ1n) is 4.65. The standard InChI is InChI=1S/C9H10N2O4S2/c1-10-4-5-6(16-9(4)13)7(8(12)15-3)17(14)11(5)2/h10H,1-3H3. The fourth-order valence-electron chi connectivity index (χ4n) is 1.63. The molecule has 0 amide bonds. The molecule has 0 aliphatic carbocycles. The number of methoxy groups -OCH3 is 1. The monoisotopic (exact) mass is 274 g/mol. The van der Waals surface area contributed by atoms with Gasteiger partial charge in [0.05, 0.1) is 17.7 Å². The Hall–Kier alpha value is -1.28. The van der Waals surface area contributed by atoms with Gasteiger partial charge >= 0.3 is 5.97 Å². The van der Waals surface area contributed by atoms with Crippen molar-refractivity contribution >= 4 is 33.8 Å². The summed E-state index contributed by atoms with van der Waals surface area (Å²) in [7, 11) is 2.78. The minimum Gasteiger partial charge on any atom is -0.465 e. The van der Waals surface area contributed by atoms with E-state index in [9.17, 15) is 13.8 Å². The highest BCUT2D eigenvalue weighted by atomic mass is 32.2. The van der Waals surface area contributed by atoms with Crippen LogP contribution in [0, 0.1) is 0 Å². The number of fused-ring (bicyclic) bond motifs is 1. The number of nitrogens with zero attached hydrogens (tertiary/aromatic N) is 1. The summed E-state index contributed by atoms with van der Waals surface area (Å²) in [4.78, 5) is 23.7. The molecule has 2 heterocycles. The van der Waals surface area contributed by atoms with Gasteiger partial charge in [-0.25, -0.2) is 9.00 Å². The molecule has 2 rings (SSSR count). The first-order valence-corrected chi connectivity index (χ1v) is 6.58. The van der Waals surface area contributed by atoms with Crippen molar-refractivity contribution in [3.05, 3.63) is 21.2 Å². The van der Waals surface area contributed by atoms with Crippen molar-refractivity contribution in [2.24, 2.45) is 0 Å². The number of carbonyl (C=O) groups excluding carboxylic acids is 2. The van der Waals surface area contributed by atoms with Crippen LogP contribution in [0.15, 0.2) is 21.2 Å². The molecule has 17 heavy (non-hydrogen) atoms. The number of likely N-dealkylation sites (N-methyl/N-ethyl adjacent to an activating group) is 2. The maximum absolute atomic E-state index is 12.0. The van der Waals surface area contributed by atoms with Crippen molar-refractivity contribution in [3.63, 3.8) is 0 Å². The molecule has 0 spiro atoms. The third-order valence-corrected chi connectivity index (χ3v) is 4.94. The van der Waals surface area contributed by atoms with Gasteiger partial charge in [-0.3, -0.25) is 9.10 Å². The minimum atomic E-state index is -1.61. The first kappa shape index (κ1) is 12.2. The number of thioether (sulfide) groups is 1. The van der Waals surface area contributed by atoms with Crippen LogP contribution in [-0.4, -0.2) is 40.8 Å². The van der Waals surface area contributed by atoms with E-state index < -0.39 is 17.0 Å². The summed E-state index contributed by atoms with van der Waals surface area (Å²) in [6.45, 7) is 0. The number of ether oxygens (including phenoxy) is 1. The van der Waals surface area contributed by atoms with Crippen LogP contribution >= 0.6 is 11.8 Å². The highest BCUT2D eigenvalue weighted by Crippen LogP contribution is 2.46. The van der Waals surface area contributed by atoms with E-state index in [1.165, 1.54) is 11.4 Å². The molecule has 1 atom stereocenters. The van der Waals surface area contributed by atoms with E-state index in [1.807, 2.05) is 0 Å². The Morgan fingerprint density at radius 3 is 2.71 bits per heavy atom. The number of esters is 1. The van der Waals surface area contributed by atoms with Gasteiger partial charge in [0.25, 0.3) is 0 Å². The Kier molecular flexibility index (Phi) is 3.00. The van der Waals surface area contributed by atoms with E-state index in [-0.39, 0.29) is 10.0 Å². The van der Waals surface area contributed by atoms with E-state index in [4.69, 9.17) is 0 Å². The summed E-state index contributed by atoms with van der Waals surface area (Å²) < 4.78 is 18.0. The van der Waals surface area contributed by atoms with Crippen LogP contribution in [-0.2, 0) is 25.3 Å². The molecular formula is C9H10N2O4S2. The molecule has 1 N–H and O–H groups in total. The van der Waals surface area contributed by atoms with Crippen LogP contribution in [0.25, 0.3) is 0 Å². The van der Waals surface area contributed by atoms with Crippen LogP contribution in [0.5, 0.6) is 0 Å². The molecule has 0 saturated heterocycles. The van der Waals surface area contributed by atoms with Crippen LogP contribution in [0.3, 0.4) is 0 Å². The molecule has 0 radical (unpaired) electrons. The van der Waals surface area contributed by atoms with Crippen molar-refractivity contribution < 1.29 is 18.5 Å². The van der Waals surface area contributed by atoms with Crippen molar-refractivity contribution in [2.45, 2.75) is 0 Å². The quantitative estimate of drug-likeness (QED) is 0.696. The molecule has 92 valence electrons. The average molecular weight is 274 g/mol. The fraction of sp³-hybridized carbons (Fsp3) is 0.333. The molecular weight excluding hydrogens is 264 g/mol.